The molecule has 0 fully saturated rings. The van der Waals surface area contributed by atoms with Crippen molar-refractivity contribution >= 4 is 15.9 Å². The second kappa shape index (κ2) is 8.92. The van der Waals surface area contributed by atoms with Crippen LogP contribution >= 0.6 is 15.9 Å². The van der Waals surface area contributed by atoms with Gasteiger partial charge in [0.05, 0.1) is 5.60 Å². The SMILES string of the molecule is CC(C)CNCC(CCOC(C)(C)C)c1ccccc1Br. The lowest BCUT2D eigenvalue weighted by molar-refractivity contribution is -0.00626. The first-order valence-electron chi connectivity index (χ1n) is 7.88. The van der Waals surface area contributed by atoms with Crippen molar-refractivity contribution in [2.24, 2.45) is 5.92 Å². The molecule has 0 aliphatic heterocycles. The van der Waals surface area contributed by atoms with Crippen molar-refractivity contribution in [3.8, 4) is 0 Å². The zero-order chi connectivity index (χ0) is 15.9. The highest BCUT2D eigenvalue weighted by molar-refractivity contribution is 9.10. The van der Waals surface area contributed by atoms with Gasteiger partial charge in [0, 0.05) is 17.6 Å². The van der Waals surface area contributed by atoms with Crippen LogP contribution in [0.3, 0.4) is 0 Å². The van der Waals surface area contributed by atoms with E-state index in [1.165, 1.54) is 10.0 Å². The fourth-order valence-corrected chi connectivity index (χ4v) is 2.84. The summed E-state index contributed by atoms with van der Waals surface area (Å²) < 4.78 is 7.10. The molecule has 0 saturated heterocycles. The van der Waals surface area contributed by atoms with Gasteiger partial charge >= 0.3 is 0 Å². The van der Waals surface area contributed by atoms with Gasteiger partial charge in [-0.3, -0.25) is 0 Å². The Labute approximate surface area is 138 Å². The summed E-state index contributed by atoms with van der Waals surface area (Å²) in [6.45, 7) is 13.6. The molecule has 0 radical (unpaired) electrons. The molecule has 0 aliphatic carbocycles. The Morgan fingerprint density at radius 2 is 1.81 bits per heavy atom. The van der Waals surface area contributed by atoms with Gasteiger partial charge in [-0.2, -0.15) is 0 Å². The third-order valence-corrected chi connectivity index (χ3v) is 4.01. The second-order valence-corrected chi connectivity index (χ2v) is 7.87. The molecule has 1 aromatic carbocycles. The van der Waals surface area contributed by atoms with Gasteiger partial charge in [-0.1, -0.05) is 48.0 Å². The molecule has 2 nitrogen and oxygen atoms in total. The molecule has 1 N–H and O–H groups in total. The van der Waals surface area contributed by atoms with Crippen LogP contribution in [0.1, 0.15) is 52.5 Å². The molecule has 1 unspecified atom stereocenters. The van der Waals surface area contributed by atoms with E-state index in [0.29, 0.717) is 11.8 Å². The van der Waals surface area contributed by atoms with Gasteiger partial charge in [-0.05, 0) is 57.2 Å². The van der Waals surface area contributed by atoms with Crippen LogP contribution in [0.25, 0.3) is 0 Å². The van der Waals surface area contributed by atoms with Crippen LogP contribution in [0.2, 0.25) is 0 Å². The van der Waals surface area contributed by atoms with E-state index < -0.39 is 0 Å². The third kappa shape index (κ3) is 7.98. The van der Waals surface area contributed by atoms with E-state index in [-0.39, 0.29) is 5.60 Å². The molecule has 21 heavy (non-hydrogen) atoms. The Morgan fingerprint density at radius 3 is 2.38 bits per heavy atom. The molecule has 0 aromatic heterocycles. The molecule has 1 aromatic rings. The van der Waals surface area contributed by atoms with Crippen LogP contribution in [-0.2, 0) is 4.74 Å². The van der Waals surface area contributed by atoms with E-state index in [1.54, 1.807) is 0 Å². The minimum atomic E-state index is -0.0656. The van der Waals surface area contributed by atoms with Crippen LogP contribution in [0.4, 0.5) is 0 Å². The topological polar surface area (TPSA) is 21.3 Å². The molecule has 0 heterocycles. The summed E-state index contributed by atoms with van der Waals surface area (Å²) in [5, 5.41) is 3.58. The van der Waals surface area contributed by atoms with Crippen LogP contribution in [0.15, 0.2) is 28.7 Å². The summed E-state index contributed by atoms with van der Waals surface area (Å²) in [7, 11) is 0. The average molecular weight is 356 g/mol. The number of hydrogen-bond donors (Lipinski definition) is 1. The first-order chi connectivity index (χ1) is 9.79. The average Bonchev–Trinajstić information content (AvgIpc) is 2.36. The van der Waals surface area contributed by atoms with Crippen molar-refractivity contribution in [1.82, 2.24) is 5.32 Å². The Kier molecular flexibility index (Phi) is 7.93. The normalized spacial score (nSPS) is 13.7. The Bertz CT molecular complexity index is 412. The van der Waals surface area contributed by atoms with E-state index in [2.05, 4.69) is 80.1 Å². The largest absolute Gasteiger partial charge is 0.376 e. The maximum absolute atomic E-state index is 5.91. The maximum Gasteiger partial charge on any atom is 0.0598 e. The van der Waals surface area contributed by atoms with Gasteiger partial charge < -0.3 is 10.1 Å². The fraction of sp³-hybridized carbons (Fsp3) is 0.667. The predicted octanol–water partition coefficient (Wildman–Crippen LogP) is 4.98. The molecule has 0 amide bonds. The molecule has 1 atom stereocenters. The first kappa shape index (κ1) is 18.7. The van der Waals surface area contributed by atoms with Gasteiger partial charge in [-0.15, -0.1) is 0 Å². The monoisotopic (exact) mass is 355 g/mol. The molecular formula is C18H30BrNO. The minimum Gasteiger partial charge on any atom is -0.376 e. The van der Waals surface area contributed by atoms with Crippen molar-refractivity contribution < 1.29 is 4.74 Å². The zero-order valence-electron chi connectivity index (χ0n) is 14.1. The number of nitrogens with one attached hydrogen (secondary N) is 1. The van der Waals surface area contributed by atoms with Crippen LogP contribution in [0, 0.1) is 5.92 Å². The quantitative estimate of drug-likeness (QED) is 0.709. The van der Waals surface area contributed by atoms with Gasteiger partial charge in [0.25, 0.3) is 0 Å². The predicted molar refractivity (Wildman–Crippen MR) is 94.9 cm³/mol. The Morgan fingerprint density at radius 1 is 1.14 bits per heavy atom. The molecule has 0 spiro atoms. The summed E-state index contributed by atoms with van der Waals surface area (Å²) >= 11 is 3.68. The molecule has 0 bridgehead atoms. The molecule has 0 aliphatic rings. The maximum atomic E-state index is 5.91. The summed E-state index contributed by atoms with van der Waals surface area (Å²) in [5.41, 5.74) is 1.30. The van der Waals surface area contributed by atoms with Gasteiger partial charge in [0.1, 0.15) is 0 Å². The van der Waals surface area contributed by atoms with Crippen molar-refractivity contribution in [2.45, 2.75) is 52.6 Å². The van der Waals surface area contributed by atoms with Crippen LogP contribution in [0.5, 0.6) is 0 Å². The standard InChI is InChI=1S/C18H30BrNO/c1-14(2)12-20-13-15(10-11-21-18(3,4)5)16-8-6-7-9-17(16)19/h6-9,14-15,20H,10-13H2,1-5H3. The minimum absolute atomic E-state index is 0.0656. The molecular weight excluding hydrogens is 326 g/mol. The summed E-state index contributed by atoms with van der Waals surface area (Å²) in [5.74, 6) is 1.15. The highest BCUT2D eigenvalue weighted by Gasteiger charge is 2.16. The Hall–Kier alpha value is -0.380. The van der Waals surface area contributed by atoms with Crippen molar-refractivity contribution in [2.75, 3.05) is 19.7 Å². The molecule has 1 rings (SSSR count). The summed E-state index contributed by atoms with van der Waals surface area (Å²) in [6, 6.07) is 8.51. The summed E-state index contributed by atoms with van der Waals surface area (Å²) in [6.07, 6.45) is 1.03. The molecule has 120 valence electrons. The lowest BCUT2D eigenvalue weighted by atomic mass is 9.95. The smallest absolute Gasteiger partial charge is 0.0598 e. The second-order valence-electron chi connectivity index (χ2n) is 7.02. The van der Waals surface area contributed by atoms with Crippen LogP contribution in [-0.4, -0.2) is 25.3 Å². The van der Waals surface area contributed by atoms with Crippen molar-refractivity contribution in [3.63, 3.8) is 0 Å². The van der Waals surface area contributed by atoms with E-state index in [0.717, 1.165) is 26.1 Å². The first-order valence-corrected chi connectivity index (χ1v) is 8.68. The lowest BCUT2D eigenvalue weighted by Crippen LogP contribution is -2.27. The van der Waals surface area contributed by atoms with Crippen molar-refractivity contribution in [1.29, 1.82) is 0 Å². The van der Waals surface area contributed by atoms with Gasteiger partial charge in [-0.25, -0.2) is 0 Å². The van der Waals surface area contributed by atoms with E-state index in [4.69, 9.17) is 4.74 Å². The van der Waals surface area contributed by atoms with Crippen LogP contribution < -0.4 is 5.32 Å². The highest BCUT2D eigenvalue weighted by Crippen LogP contribution is 2.27. The number of rotatable bonds is 8. The van der Waals surface area contributed by atoms with Crippen molar-refractivity contribution in [3.05, 3.63) is 34.3 Å². The van der Waals surface area contributed by atoms with E-state index in [9.17, 15) is 0 Å². The highest BCUT2D eigenvalue weighted by atomic mass is 79.9. The van der Waals surface area contributed by atoms with E-state index in [1.807, 2.05) is 0 Å². The Balaban J connectivity index is 2.64. The number of hydrogen-bond acceptors (Lipinski definition) is 2. The number of benzene rings is 1. The number of ether oxygens (including phenoxy) is 1. The number of halogens is 1. The van der Waals surface area contributed by atoms with Gasteiger partial charge in [0.15, 0.2) is 0 Å². The third-order valence-electron chi connectivity index (χ3n) is 3.29. The van der Waals surface area contributed by atoms with E-state index >= 15 is 0 Å². The zero-order valence-corrected chi connectivity index (χ0v) is 15.7. The lowest BCUT2D eigenvalue weighted by Gasteiger charge is -2.24. The molecule has 0 saturated carbocycles. The van der Waals surface area contributed by atoms with Gasteiger partial charge in [0.2, 0.25) is 0 Å². The summed E-state index contributed by atoms with van der Waals surface area (Å²) in [4.78, 5) is 0. The molecule has 3 heteroatoms. The fourth-order valence-electron chi connectivity index (χ4n) is 2.23.